The molecule has 1 atom stereocenters. The summed E-state index contributed by atoms with van der Waals surface area (Å²) in [6.07, 6.45) is 4.96. The molecule has 3 heterocycles. The maximum absolute atomic E-state index is 13.8. The number of sulfone groups is 2. The van der Waals surface area contributed by atoms with Gasteiger partial charge in [-0.05, 0) is 44.2 Å². The molecule has 1 amide bonds. The highest BCUT2D eigenvalue weighted by atomic mass is 32.2. The highest BCUT2D eigenvalue weighted by Crippen LogP contribution is 2.49. The number of H-pyrrole nitrogens is 1. The average molecular weight is 570 g/mol. The van der Waals surface area contributed by atoms with Crippen molar-refractivity contribution < 1.29 is 31.2 Å². The first-order chi connectivity index (χ1) is 18.2. The van der Waals surface area contributed by atoms with Crippen LogP contribution in [0.3, 0.4) is 0 Å². The summed E-state index contributed by atoms with van der Waals surface area (Å²) >= 11 is 0. The van der Waals surface area contributed by atoms with Gasteiger partial charge in [0.15, 0.2) is 26.6 Å². The lowest BCUT2D eigenvalue weighted by molar-refractivity contribution is -0.132. The molecule has 0 aliphatic carbocycles. The maximum atomic E-state index is 13.8. The molecule has 10 nitrogen and oxygen atoms in total. The monoisotopic (exact) mass is 569 g/mol. The summed E-state index contributed by atoms with van der Waals surface area (Å²) in [4.78, 5) is 30.0. The van der Waals surface area contributed by atoms with Gasteiger partial charge >= 0.3 is 0 Å². The van der Waals surface area contributed by atoms with E-state index in [0.717, 1.165) is 6.26 Å². The van der Waals surface area contributed by atoms with Crippen molar-refractivity contribution in [1.82, 2.24) is 9.88 Å². The number of fused-ring (bicyclic) bond motifs is 2. The number of aromatic nitrogens is 1. The first-order valence-corrected chi connectivity index (χ1v) is 15.4. The summed E-state index contributed by atoms with van der Waals surface area (Å²) < 4.78 is 58.9. The van der Waals surface area contributed by atoms with Crippen molar-refractivity contribution in [1.29, 1.82) is 0 Å². The summed E-state index contributed by atoms with van der Waals surface area (Å²) in [5, 5.41) is -1.12. The number of aromatic amines is 1. The van der Waals surface area contributed by atoms with Crippen molar-refractivity contribution in [2.75, 3.05) is 25.3 Å². The molecule has 39 heavy (non-hydrogen) atoms. The zero-order valence-electron chi connectivity index (χ0n) is 21.9. The Morgan fingerprint density at radius 3 is 2.26 bits per heavy atom. The van der Waals surface area contributed by atoms with E-state index < -0.39 is 30.6 Å². The summed E-state index contributed by atoms with van der Waals surface area (Å²) in [7, 11) is -4.47. The molecule has 0 bridgehead atoms. The second kappa shape index (κ2) is 8.82. The van der Waals surface area contributed by atoms with Crippen LogP contribution in [-0.2, 0) is 24.5 Å². The standard InChI is InChI=1S/C27H27N3O7S2/c1-27(2)26(32)30(4)22-13-18(38(5,33)34)12-20(24(22)37-27)21-14-29(3)25(23-19(21)10-11-28-23)39(35,36)17-8-6-16(15-31)7-9-17/h6-15,25,28H,1-5H3. The number of anilines is 1. The van der Waals surface area contributed by atoms with Gasteiger partial charge in [0.2, 0.25) is 9.84 Å². The van der Waals surface area contributed by atoms with Gasteiger partial charge in [0.25, 0.3) is 5.91 Å². The lowest BCUT2D eigenvalue weighted by Gasteiger charge is -2.39. The fourth-order valence-corrected chi connectivity index (χ4v) is 7.42. The molecule has 2 aliphatic rings. The SMILES string of the molecule is CN1C(=O)C(C)(C)Oc2c(C3=CN(C)C(S(=O)(=O)c4ccc(C=O)cc4)c4[nH]ccc43)cc(S(C)(=O)=O)cc21. The van der Waals surface area contributed by atoms with E-state index in [9.17, 15) is 26.4 Å². The molecule has 0 spiro atoms. The van der Waals surface area contributed by atoms with Crippen LogP contribution < -0.4 is 9.64 Å². The van der Waals surface area contributed by atoms with Crippen LogP contribution in [0.4, 0.5) is 5.69 Å². The number of nitrogens with zero attached hydrogens (tertiary/aromatic N) is 2. The molecule has 3 aromatic rings. The van der Waals surface area contributed by atoms with Gasteiger partial charge in [-0.1, -0.05) is 12.1 Å². The Balaban J connectivity index is 1.71. The first kappa shape index (κ1) is 26.7. The topological polar surface area (TPSA) is 134 Å². The van der Waals surface area contributed by atoms with Gasteiger partial charge in [-0.2, -0.15) is 0 Å². The number of carbonyl (C=O) groups is 2. The summed E-state index contributed by atoms with van der Waals surface area (Å²) in [5.41, 5.74) is 1.28. The van der Waals surface area contributed by atoms with Crippen LogP contribution in [0, 0.1) is 0 Å². The fraction of sp³-hybridized carbons (Fsp3) is 0.259. The Bertz CT molecular complexity index is 1770. The smallest absolute Gasteiger partial charge is 0.270 e. The molecule has 1 N–H and O–H groups in total. The Hall–Kier alpha value is -3.90. The number of aldehydes is 1. The van der Waals surface area contributed by atoms with E-state index in [2.05, 4.69) is 4.98 Å². The van der Waals surface area contributed by atoms with Crippen LogP contribution >= 0.6 is 0 Å². The first-order valence-electron chi connectivity index (χ1n) is 11.9. The number of nitrogens with one attached hydrogen (secondary N) is 1. The van der Waals surface area contributed by atoms with E-state index >= 15 is 0 Å². The molecule has 0 saturated carbocycles. The van der Waals surface area contributed by atoms with Gasteiger partial charge in [-0.15, -0.1) is 0 Å². The van der Waals surface area contributed by atoms with E-state index in [0.29, 0.717) is 45.7 Å². The van der Waals surface area contributed by atoms with Crippen molar-refractivity contribution in [3.8, 4) is 5.75 Å². The van der Waals surface area contributed by atoms with Gasteiger partial charge in [0.1, 0.15) is 6.29 Å². The molecule has 0 fully saturated rings. The third-order valence-electron chi connectivity index (χ3n) is 6.96. The van der Waals surface area contributed by atoms with E-state index in [1.807, 2.05) is 0 Å². The Morgan fingerprint density at radius 1 is 0.974 bits per heavy atom. The highest BCUT2D eigenvalue weighted by molar-refractivity contribution is 7.91. The third kappa shape index (κ3) is 4.23. The van der Waals surface area contributed by atoms with Gasteiger partial charge < -0.3 is 19.5 Å². The minimum absolute atomic E-state index is 0.00939. The molecule has 0 saturated heterocycles. The molecule has 2 aliphatic heterocycles. The molecule has 5 rings (SSSR count). The van der Waals surface area contributed by atoms with Gasteiger partial charge in [0.05, 0.1) is 21.2 Å². The minimum atomic E-state index is -3.95. The molecule has 1 aromatic heterocycles. The van der Waals surface area contributed by atoms with Crippen molar-refractivity contribution in [2.45, 2.75) is 34.6 Å². The molecule has 12 heteroatoms. The quantitative estimate of drug-likeness (QED) is 0.463. The predicted octanol–water partition coefficient (Wildman–Crippen LogP) is 3.17. The largest absolute Gasteiger partial charge is 0.475 e. The van der Waals surface area contributed by atoms with Crippen LogP contribution in [0.2, 0.25) is 0 Å². The number of carbonyl (C=O) groups excluding carboxylic acids is 2. The van der Waals surface area contributed by atoms with Crippen LogP contribution in [0.25, 0.3) is 5.57 Å². The summed E-state index contributed by atoms with van der Waals surface area (Å²) in [6, 6.07) is 10.3. The Labute approximate surface area is 226 Å². The predicted molar refractivity (Wildman–Crippen MR) is 145 cm³/mol. The summed E-state index contributed by atoms with van der Waals surface area (Å²) in [5.74, 6) is -0.0255. The van der Waals surface area contributed by atoms with Crippen molar-refractivity contribution in [2.24, 2.45) is 0 Å². The van der Waals surface area contributed by atoms with Crippen molar-refractivity contribution in [3.63, 3.8) is 0 Å². The Kier molecular flexibility index (Phi) is 6.03. The third-order valence-corrected chi connectivity index (χ3v) is 10.1. The normalized spacial score (nSPS) is 18.6. The van der Waals surface area contributed by atoms with Crippen LogP contribution in [-0.4, -0.2) is 64.9 Å². The number of benzene rings is 2. The van der Waals surface area contributed by atoms with Gasteiger partial charge in [-0.25, -0.2) is 16.8 Å². The zero-order valence-corrected chi connectivity index (χ0v) is 23.6. The zero-order chi connectivity index (χ0) is 28.5. The van der Waals surface area contributed by atoms with Gasteiger partial charge in [0, 0.05) is 55.0 Å². The molecule has 0 radical (unpaired) electrons. The van der Waals surface area contributed by atoms with E-state index in [-0.39, 0.29) is 15.7 Å². The molecular formula is C27H27N3O7S2. The fourth-order valence-electron chi connectivity index (χ4n) is 4.99. The lowest BCUT2D eigenvalue weighted by Crippen LogP contribution is -2.51. The van der Waals surface area contributed by atoms with Crippen LogP contribution in [0.15, 0.2) is 64.7 Å². The molecule has 1 unspecified atom stereocenters. The van der Waals surface area contributed by atoms with Gasteiger partial charge in [-0.3, -0.25) is 9.59 Å². The number of hydrogen-bond donors (Lipinski definition) is 1. The summed E-state index contributed by atoms with van der Waals surface area (Å²) in [6.45, 7) is 3.26. The van der Waals surface area contributed by atoms with Crippen molar-refractivity contribution in [3.05, 3.63) is 77.2 Å². The van der Waals surface area contributed by atoms with E-state index in [4.69, 9.17) is 4.74 Å². The molecular weight excluding hydrogens is 542 g/mol. The minimum Gasteiger partial charge on any atom is -0.475 e. The number of ether oxygens (including phenoxy) is 1. The second-order valence-corrected chi connectivity index (χ2v) is 14.2. The number of hydrogen-bond acceptors (Lipinski definition) is 8. The van der Waals surface area contributed by atoms with E-state index in [1.54, 1.807) is 46.4 Å². The average Bonchev–Trinajstić information content (AvgIpc) is 3.35. The number of rotatable bonds is 5. The number of likely N-dealkylation sites (N-methyl/N-ethyl adjacent to an activating group) is 1. The van der Waals surface area contributed by atoms with Crippen molar-refractivity contribution >= 4 is 43.1 Å². The molecule has 2 aromatic carbocycles. The Morgan fingerprint density at radius 2 is 1.64 bits per heavy atom. The second-order valence-electron chi connectivity index (χ2n) is 10.2. The van der Waals surface area contributed by atoms with Crippen LogP contribution in [0.5, 0.6) is 5.75 Å². The number of amides is 1. The lowest BCUT2D eigenvalue weighted by atomic mass is 9.93. The van der Waals surface area contributed by atoms with E-state index in [1.165, 1.54) is 46.2 Å². The molecule has 204 valence electrons. The van der Waals surface area contributed by atoms with Crippen LogP contribution in [0.1, 0.15) is 46.4 Å². The highest BCUT2D eigenvalue weighted by Gasteiger charge is 2.43. The maximum Gasteiger partial charge on any atom is 0.270 e.